The molecule has 0 unspecified atom stereocenters. The number of fused-ring (bicyclic) bond motifs is 1. The molecule has 2 heterocycles. The van der Waals surface area contributed by atoms with Gasteiger partial charge in [0.25, 0.3) is 5.56 Å². The topological polar surface area (TPSA) is 47.2 Å². The van der Waals surface area contributed by atoms with Crippen molar-refractivity contribution in [1.29, 1.82) is 0 Å². The van der Waals surface area contributed by atoms with Crippen molar-refractivity contribution in [3.8, 4) is 0 Å². The van der Waals surface area contributed by atoms with E-state index >= 15 is 0 Å². The maximum Gasteiger partial charge on any atom is 0.416 e. The molecule has 0 fully saturated rings. The van der Waals surface area contributed by atoms with Crippen LogP contribution in [0.4, 0.5) is 18.9 Å². The van der Waals surface area contributed by atoms with Gasteiger partial charge in [-0.05, 0) is 42.8 Å². The molecule has 4 nitrogen and oxygen atoms in total. The van der Waals surface area contributed by atoms with Crippen molar-refractivity contribution in [3.05, 3.63) is 63.3 Å². The van der Waals surface area contributed by atoms with E-state index in [0.717, 1.165) is 18.6 Å². The Morgan fingerprint density at radius 1 is 1.20 bits per heavy atom. The number of halogens is 3. The van der Waals surface area contributed by atoms with Crippen molar-refractivity contribution < 1.29 is 13.2 Å². The lowest BCUT2D eigenvalue weighted by molar-refractivity contribution is -0.137. The molecule has 130 valence electrons. The third kappa shape index (κ3) is 3.63. The highest BCUT2D eigenvalue weighted by Gasteiger charge is 2.29. The number of benzene rings is 1. The molecule has 0 aliphatic heterocycles. The molecule has 0 aliphatic rings. The Labute approximate surface area is 144 Å². The number of alkyl halides is 3. The minimum atomic E-state index is -4.39. The van der Waals surface area contributed by atoms with E-state index in [4.69, 9.17) is 0 Å². The van der Waals surface area contributed by atoms with Gasteiger partial charge in [0.15, 0.2) is 4.80 Å². The SMILES string of the molecule is CCCn1c(=O)c2cccnc2s/c1=N\c1ccc(C(F)(F)F)cc1. The Morgan fingerprint density at radius 3 is 2.56 bits per heavy atom. The minimum absolute atomic E-state index is 0.200. The van der Waals surface area contributed by atoms with E-state index in [1.807, 2.05) is 6.92 Å². The average molecular weight is 365 g/mol. The molecule has 0 spiro atoms. The third-order valence-electron chi connectivity index (χ3n) is 3.53. The van der Waals surface area contributed by atoms with Crippen LogP contribution in [0.15, 0.2) is 52.4 Å². The molecule has 8 heteroatoms. The lowest BCUT2D eigenvalue weighted by Crippen LogP contribution is -2.31. The fourth-order valence-electron chi connectivity index (χ4n) is 2.35. The lowest BCUT2D eigenvalue weighted by atomic mass is 10.2. The summed E-state index contributed by atoms with van der Waals surface area (Å²) in [5, 5.41) is 0.507. The highest BCUT2D eigenvalue weighted by atomic mass is 32.1. The first kappa shape index (κ1) is 17.3. The first-order chi connectivity index (χ1) is 11.9. The molecule has 1 aromatic carbocycles. The summed E-state index contributed by atoms with van der Waals surface area (Å²) in [5.74, 6) is 0. The maximum absolute atomic E-state index is 12.7. The van der Waals surface area contributed by atoms with Gasteiger partial charge in [-0.2, -0.15) is 13.2 Å². The van der Waals surface area contributed by atoms with Gasteiger partial charge in [0, 0.05) is 12.7 Å². The number of nitrogens with zero attached hydrogens (tertiary/aromatic N) is 3. The minimum Gasteiger partial charge on any atom is -0.284 e. The van der Waals surface area contributed by atoms with Crippen LogP contribution in [0.3, 0.4) is 0 Å². The molecule has 2 aromatic heterocycles. The molecule has 25 heavy (non-hydrogen) atoms. The van der Waals surface area contributed by atoms with Crippen LogP contribution in [0, 0.1) is 0 Å². The molecule has 0 N–H and O–H groups in total. The summed E-state index contributed by atoms with van der Waals surface area (Å²) in [6.07, 6.45) is -2.07. The summed E-state index contributed by atoms with van der Waals surface area (Å²) in [6, 6.07) is 7.93. The fraction of sp³-hybridized carbons (Fsp3) is 0.235. The zero-order valence-corrected chi connectivity index (χ0v) is 14.1. The summed E-state index contributed by atoms with van der Waals surface area (Å²) >= 11 is 1.24. The van der Waals surface area contributed by atoms with E-state index in [9.17, 15) is 18.0 Å². The fourth-order valence-corrected chi connectivity index (χ4v) is 3.34. The molecule has 0 bridgehead atoms. The van der Waals surface area contributed by atoms with Crippen LogP contribution in [0.25, 0.3) is 10.2 Å². The molecule has 0 saturated carbocycles. The van der Waals surface area contributed by atoms with Crippen LogP contribution >= 0.6 is 11.3 Å². The Morgan fingerprint density at radius 2 is 1.92 bits per heavy atom. The van der Waals surface area contributed by atoms with Gasteiger partial charge in [0.05, 0.1) is 16.6 Å². The van der Waals surface area contributed by atoms with E-state index in [1.54, 1.807) is 18.3 Å². The molecule has 0 radical (unpaired) electrons. The smallest absolute Gasteiger partial charge is 0.284 e. The Balaban J connectivity index is 2.18. The van der Waals surface area contributed by atoms with E-state index in [-0.39, 0.29) is 5.56 Å². The van der Waals surface area contributed by atoms with Gasteiger partial charge < -0.3 is 0 Å². The highest BCUT2D eigenvalue weighted by molar-refractivity contribution is 7.15. The molecule has 0 aliphatic carbocycles. The molecule has 3 rings (SSSR count). The second-order valence-corrected chi connectivity index (χ2v) is 6.31. The zero-order chi connectivity index (χ0) is 18.0. The highest BCUT2D eigenvalue weighted by Crippen LogP contribution is 2.30. The number of hydrogen-bond donors (Lipinski definition) is 0. The van der Waals surface area contributed by atoms with Crippen molar-refractivity contribution in [2.24, 2.45) is 4.99 Å². The van der Waals surface area contributed by atoms with Crippen molar-refractivity contribution in [2.45, 2.75) is 26.1 Å². The van der Waals surface area contributed by atoms with Gasteiger partial charge in [0.2, 0.25) is 0 Å². The Bertz CT molecular complexity index is 1020. The molecular formula is C17H14F3N3OS. The summed E-state index contributed by atoms with van der Waals surface area (Å²) in [5.41, 5.74) is -0.584. The normalized spacial score (nSPS) is 12.7. The summed E-state index contributed by atoms with van der Waals surface area (Å²) < 4.78 is 39.5. The Kier molecular flexibility index (Phi) is 4.71. The van der Waals surface area contributed by atoms with Gasteiger partial charge in [-0.25, -0.2) is 9.98 Å². The quantitative estimate of drug-likeness (QED) is 0.701. The van der Waals surface area contributed by atoms with Gasteiger partial charge in [-0.15, -0.1) is 0 Å². The molecular weight excluding hydrogens is 351 g/mol. The number of hydrogen-bond acceptors (Lipinski definition) is 4. The second-order valence-electron chi connectivity index (χ2n) is 5.35. The van der Waals surface area contributed by atoms with E-state index in [1.165, 1.54) is 28.0 Å². The summed E-state index contributed by atoms with van der Waals surface area (Å²) in [6.45, 7) is 2.41. The Hall–Kier alpha value is -2.48. The van der Waals surface area contributed by atoms with E-state index in [2.05, 4.69) is 9.98 Å². The van der Waals surface area contributed by atoms with Gasteiger partial charge in [-0.3, -0.25) is 9.36 Å². The summed E-state index contributed by atoms with van der Waals surface area (Å²) in [4.78, 5) is 22.2. The standard InChI is InChI=1S/C17H14F3N3OS/c1-2-10-23-15(24)13-4-3-9-21-14(13)25-16(23)22-12-7-5-11(6-8-12)17(18,19)20/h3-9H,2,10H2,1H3/b22-16-. The predicted octanol–water partition coefficient (Wildman–Crippen LogP) is 4.12. The van der Waals surface area contributed by atoms with E-state index in [0.29, 0.717) is 27.3 Å². The van der Waals surface area contributed by atoms with Gasteiger partial charge >= 0.3 is 6.18 Å². The first-order valence-corrected chi connectivity index (χ1v) is 8.42. The number of aromatic nitrogens is 2. The lowest BCUT2D eigenvalue weighted by Gasteiger charge is -2.07. The van der Waals surface area contributed by atoms with Crippen molar-refractivity contribution in [1.82, 2.24) is 9.55 Å². The monoisotopic (exact) mass is 365 g/mol. The molecule has 0 saturated heterocycles. The van der Waals surface area contributed by atoms with Crippen LogP contribution in [0.5, 0.6) is 0 Å². The van der Waals surface area contributed by atoms with Crippen LogP contribution < -0.4 is 10.4 Å². The molecule has 0 amide bonds. The maximum atomic E-state index is 12.7. The van der Waals surface area contributed by atoms with E-state index < -0.39 is 11.7 Å². The summed E-state index contributed by atoms with van der Waals surface area (Å²) in [7, 11) is 0. The van der Waals surface area contributed by atoms with Crippen LogP contribution in [-0.4, -0.2) is 9.55 Å². The first-order valence-electron chi connectivity index (χ1n) is 7.61. The number of pyridine rings is 1. The molecule has 0 atom stereocenters. The molecule has 3 aromatic rings. The van der Waals surface area contributed by atoms with Gasteiger partial charge in [-0.1, -0.05) is 18.3 Å². The van der Waals surface area contributed by atoms with Gasteiger partial charge in [0.1, 0.15) is 4.83 Å². The predicted molar refractivity (Wildman–Crippen MR) is 90.8 cm³/mol. The largest absolute Gasteiger partial charge is 0.416 e. The average Bonchev–Trinajstić information content (AvgIpc) is 2.58. The third-order valence-corrected chi connectivity index (χ3v) is 4.55. The van der Waals surface area contributed by atoms with Crippen molar-refractivity contribution in [2.75, 3.05) is 0 Å². The zero-order valence-electron chi connectivity index (χ0n) is 13.2. The van der Waals surface area contributed by atoms with Crippen LogP contribution in [-0.2, 0) is 12.7 Å². The van der Waals surface area contributed by atoms with Crippen molar-refractivity contribution >= 4 is 27.2 Å². The van der Waals surface area contributed by atoms with Crippen molar-refractivity contribution in [3.63, 3.8) is 0 Å². The van der Waals surface area contributed by atoms with Crippen LogP contribution in [0.1, 0.15) is 18.9 Å². The van der Waals surface area contributed by atoms with Crippen LogP contribution in [0.2, 0.25) is 0 Å². The number of rotatable bonds is 3. The second kappa shape index (κ2) is 6.79.